The highest BCUT2D eigenvalue weighted by Gasteiger charge is 2.63. The summed E-state index contributed by atoms with van der Waals surface area (Å²) in [6.45, 7) is 10.8. The highest BCUT2D eigenvalue weighted by Crippen LogP contribution is 2.67. The van der Waals surface area contributed by atoms with Gasteiger partial charge in [0.25, 0.3) is 0 Å². The Kier molecular flexibility index (Phi) is 6.64. The summed E-state index contributed by atoms with van der Waals surface area (Å²) in [5.41, 5.74) is -0.147. The molecule has 5 heteroatoms. The van der Waals surface area contributed by atoms with E-state index in [9.17, 15) is 25.2 Å². The van der Waals surface area contributed by atoms with Gasteiger partial charge in [-0.15, -0.1) is 0 Å². The highest BCUT2D eigenvalue weighted by molar-refractivity contribution is 5.83. The molecule has 0 aromatic heterocycles. The third-order valence-corrected chi connectivity index (χ3v) is 10.8. The van der Waals surface area contributed by atoms with Crippen LogP contribution in [0.1, 0.15) is 86.0 Å². The molecular formula is C27H46O5. The van der Waals surface area contributed by atoms with Crippen molar-refractivity contribution in [1.82, 2.24) is 0 Å². The predicted molar refractivity (Wildman–Crippen MR) is 124 cm³/mol. The average Bonchev–Trinajstić information content (AvgIpc) is 3.06. The lowest BCUT2D eigenvalue weighted by molar-refractivity contribution is -0.174. The van der Waals surface area contributed by atoms with Crippen LogP contribution in [0.2, 0.25) is 0 Å². The fourth-order valence-corrected chi connectivity index (χ4v) is 9.19. The second-order valence-corrected chi connectivity index (χ2v) is 13.0. The first-order valence-electron chi connectivity index (χ1n) is 13.1. The molecule has 0 aromatic rings. The molecule has 12 atom stereocenters. The van der Waals surface area contributed by atoms with Gasteiger partial charge >= 0.3 is 0 Å². The van der Waals surface area contributed by atoms with Crippen LogP contribution >= 0.6 is 0 Å². The quantitative estimate of drug-likeness (QED) is 0.513. The van der Waals surface area contributed by atoms with Crippen LogP contribution in [0.15, 0.2) is 0 Å². The van der Waals surface area contributed by atoms with E-state index in [1.165, 1.54) is 0 Å². The third kappa shape index (κ3) is 3.79. The van der Waals surface area contributed by atoms with Crippen LogP contribution in [0.25, 0.3) is 0 Å². The minimum atomic E-state index is -0.780. The zero-order valence-electron chi connectivity index (χ0n) is 20.7. The van der Waals surface area contributed by atoms with Crippen LogP contribution in [0.5, 0.6) is 0 Å². The molecule has 0 radical (unpaired) electrons. The number of rotatable bonds is 5. The third-order valence-electron chi connectivity index (χ3n) is 10.8. The van der Waals surface area contributed by atoms with Crippen molar-refractivity contribution >= 4 is 5.78 Å². The number of aliphatic hydroxyl groups is 4. The smallest absolute Gasteiger partial charge is 0.136 e. The summed E-state index contributed by atoms with van der Waals surface area (Å²) >= 11 is 0. The minimum absolute atomic E-state index is 0.0320. The van der Waals surface area contributed by atoms with Gasteiger partial charge in [0.05, 0.1) is 24.4 Å². The molecule has 0 saturated heterocycles. The van der Waals surface area contributed by atoms with Gasteiger partial charge in [0.2, 0.25) is 0 Å². The largest absolute Gasteiger partial charge is 0.390 e. The monoisotopic (exact) mass is 450 g/mol. The fourth-order valence-electron chi connectivity index (χ4n) is 9.19. The van der Waals surface area contributed by atoms with Crippen LogP contribution in [-0.2, 0) is 4.79 Å². The summed E-state index contributed by atoms with van der Waals surface area (Å²) in [6.07, 6.45) is 3.50. The number of aliphatic hydroxyl groups excluding tert-OH is 4. The van der Waals surface area contributed by atoms with Crippen molar-refractivity contribution in [2.24, 2.45) is 52.3 Å². The Morgan fingerprint density at radius 2 is 1.62 bits per heavy atom. The summed E-state index contributed by atoms with van der Waals surface area (Å²) in [4.78, 5) is 13.3. The number of ketones is 1. The van der Waals surface area contributed by atoms with Crippen LogP contribution in [0.3, 0.4) is 0 Å². The van der Waals surface area contributed by atoms with Crippen molar-refractivity contribution in [2.45, 2.75) is 110 Å². The number of hydrogen-bond donors (Lipinski definition) is 4. The maximum absolute atomic E-state index is 13.3. The van der Waals surface area contributed by atoms with E-state index in [-0.39, 0.29) is 28.4 Å². The summed E-state index contributed by atoms with van der Waals surface area (Å²) < 4.78 is 0. The first kappa shape index (κ1) is 24.6. The number of Topliss-reactive ketones (excluding diaryl/α,β-unsaturated/α-hetero) is 1. The lowest BCUT2D eigenvalue weighted by Gasteiger charge is -2.61. The van der Waals surface area contributed by atoms with Crippen molar-refractivity contribution < 1.29 is 25.2 Å². The molecule has 4 aliphatic rings. The molecule has 4 N–H and O–H groups in total. The lowest BCUT2D eigenvalue weighted by atomic mass is 9.44. The van der Waals surface area contributed by atoms with E-state index in [2.05, 4.69) is 34.6 Å². The van der Waals surface area contributed by atoms with E-state index in [1.54, 1.807) is 0 Å². The van der Waals surface area contributed by atoms with Crippen LogP contribution in [0, 0.1) is 52.3 Å². The highest BCUT2D eigenvalue weighted by atomic mass is 16.3. The maximum Gasteiger partial charge on any atom is 0.136 e. The molecule has 0 unspecified atom stereocenters. The molecule has 0 spiro atoms. The zero-order chi connectivity index (χ0) is 23.6. The van der Waals surface area contributed by atoms with E-state index < -0.39 is 24.4 Å². The molecule has 4 rings (SSSR count). The Labute approximate surface area is 194 Å². The van der Waals surface area contributed by atoms with Crippen molar-refractivity contribution in [3.63, 3.8) is 0 Å². The van der Waals surface area contributed by atoms with Crippen molar-refractivity contribution in [1.29, 1.82) is 0 Å². The first-order chi connectivity index (χ1) is 14.9. The molecular weight excluding hydrogens is 404 g/mol. The van der Waals surface area contributed by atoms with Crippen molar-refractivity contribution in [2.75, 3.05) is 0 Å². The summed E-state index contributed by atoms with van der Waals surface area (Å²) in [5.74, 6) is 2.09. The number of fused-ring (bicyclic) bond motifs is 5. The Bertz CT molecular complexity index is 708. The van der Waals surface area contributed by atoms with Crippen LogP contribution < -0.4 is 0 Å². The molecule has 0 heterocycles. The van der Waals surface area contributed by atoms with E-state index in [0.717, 1.165) is 25.7 Å². The number of carbonyl (C=O) groups excluding carboxylic acids is 1. The van der Waals surface area contributed by atoms with Gasteiger partial charge in [0, 0.05) is 12.3 Å². The molecule has 184 valence electrons. The molecule has 0 aromatic carbocycles. The van der Waals surface area contributed by atoms with E-state index in [4.69, 9.17) is 0 Å². The lowest BCUT2D eigenvalue weighted by Crippen LogP contribution is -2.59. The maximum atomic E-state index is 13.3. The molecule has 0 amide bonds. The standard InChI is InChI=1S/C27H46O5/c1-14(2)10-23(30)25(32)15(3)17-6-7-18-16-11-21(28)20-12-22(29)24(31)13-27(20,5)19(16)8-9-26(17,18)4/h14-20,22-25,29-32H,6-13H2,1-5H3/t15-,16-,17+,18-,19-,20-,22-,23+,24+,25+,26-,27+/m0/s1. The predicted octanol–water partition coefficient (Wildman–Crippen LogP) is 3.56. The Morgan fingerprint density at radius 3 is 2.28 bits per heavy atom. The minimum Gasteiger partial charge on any atom is -0.390 e. The Balaban J connectivity index is 1.55. The van der Waals surface area contributed by atoms with Gasteiger partial charge in [-0.1, -0.05) is 34.6 Å². The molecule has 0 aliphatic heterocycles. The fraction of sp³-hybridized carbons (Fsp3) is 0.963. The van der Waals surface area contributed by atoms with Gasteiger partial charge in [-0.3, -0.25) is 4.79 Å². The molecule has 0 bridgehead atoms. The second-order valence-electron chi connectivity index (χ2n) is 13.0. The van der Waals surface area contributed by atoms with Crippen molar-refractivity contribution in [3.05, 3.63) is 0 Å². The Hall–Kier alpha value is -0.490. The normalized spacial score (nSPS) is 49.2. The number of hydrogen-bond acceptors (Lipinski definition) is 5. The van der Waals surface area contributed by atoms with Crippen molar-refractivity contribution in [3.8, 4) is 0 Å². The van der Waals surface area contributed by atoms with Gasteiger partial charge in [-0.25, -0.2) is 0 Å². The summed E-state index contributed by atoms with van der Waals surface area (Å²) in [5, 5.41) is 42.3. The molecule has 4 saturated carbocycles. The van der Waals surface area contributed by atoms with Gasteiger partial charge in [-0.05, 0) is 91.3 Å². The van der Waals surface area contributed by atoms with Crippen LogP contribution in [0.4, 0.5) is 0 Å². The van der Waals surface area contributed by atoms with E-state index >= 15 is 0 Å². The molecule has 4 aliphatic carbocycles. The SMILES string of the molecule is CC(C)C[C@@H](O)[C@H](O)[C@@H](C)[C@H]1CC[C@H]2[C@@H]3CC(=O)[C@@H]4C[C@H](O)[C@H](O)C[C@]4(C)[C@H]3CC[C@@]12C. The molecule has 4 fully saturated rings. The number of carbonyl (C=O) groups is 1. The summed E-state index contributed by atoms with van der Waals surface area (Å²) in [6, 6.07) is 0. The van der Waals surface area contributed by atoms with Gasteiger partial charge in [-0.2, -0.15) is 0 Å². The van der Waals surface area contributed by atoms with Gasteiger partial charge in [0.15, 0.2) is 0 Å². The molecule has 5 nitrogen and oxygen atoms in total. The first-order valence-corrected chi connectivity index (χ1v) is 13.1. The summed E-state index contributed by atoms with van der Waals surface area (Å²) in [7, 11) is 0. The van der Waals surface area contributed by atoms with E-state index in [0.29, 0.717) is 55.3 Å². The second kappa shape index (κ2) is 8.62. The van der Waals surface area contributed by atoms with Gasteiger partial charge in [0.1, 0.15) is 5.78 Å². The van der Waals surface area contributed by atoms with E-state index in [1.807, 2.05) is 0 Å². The molecule has 32 heavy (non-hydrogen) atoms. The Morgan fingerprint density at radius 1 is 0.969 bits per heavy atom. The average molecular weight is 451 g/mol. The zero-order valence-corrected chi connectivity index (χ0v) is 20.7. The van der Waals surface area contributed by atoms with Crippen LogP contribution in [-0.4, -0.2) is 50.6 Å². The van der Waals surface area contributed by atoms with Gasteiger partial charge < -0.3 is 20.4 Å². The topological polar surface area (TPSA) is 98.0 Å².